The van der Waals surface area contributed by atoms with Crippen molar-refractivity contribution in [1.29, 1.82) is 0 Å². The Hall–Kier alpha value is -1.99. The number of benzene rings is 1. The Bertz CT molecular complexity index is 408. The van der Waals surface area contributed by atoms with Crippen LogP contribution < -0.4 is 0 Å². The minimum absolute atomic E-state index is 0.154. The number of hydrogen-bond donors (Lipinski definition) is 0. The summed E-state index contributed by atoms with van der Waals surface area (Å²) in [6, 6.07) is 9.84. The molecule has 17 heavy (non-hydrogen) atoms. The second-order valence-corrected chi connectivity index (χ2v) is 4.50. The first-order chi connectivity index (χ1) is 7.91. The van der Waals surface area contributed by atoms with Gasteiger partial charge in [0.25, 0.3) is 0 Å². The van der Waals surface area contributed by atoms with Gasteiger partial charge >= 0.3 is 0 Å². The summed E-state index contributed by atoms with van der Waals surface area (Å²) in [7, 11) is 0. The third-order valence-electron chi connectivity index (χ3n) is 1.97. The van der Waals surface area contributed by atoms with E-state index in [1.54, 1.807) is 6.08 Å². The smallest absolute Gasteiger partial charge is 0.245 e. The number of nitrogens with zero attached hydrogens (tertiary/aromatic N) is 2. The van der Waals surface area contributed by atoms with E-state index in [2.05, 4.69) is 11.5 Å². The van der Waals surface area contributed by atoms with Crippen molar-refractivity contribution < 1.29 is 9.58 Å². The fourth-order valence-corrected chi connectivity index (χ4v) is 0.986. The van der Waals surface area contributed by atoms with E-state index >= 15 is 0 Å². The Morgan fingerprint density at radius 2 is 1.76 bits per heavy atom. The van der Waals surface area contributed by atoms with E-state index in [1.807, 2.05) is 57.2 Å². The van der Waals surface area contributed by atoms with Crippen LogP contribution in [0.4, 0.5) is 0 Å². The Kier molecular flexibility index (Phi) is 6.46. The molecular weight excluding hydrogens is 212 g/mol. The van der Waals surface area contributed by atoms with Crippen LogP contribution in [0.25, 0.3) is 11.6 Å². The SMILES string of the molecule is C=[N+]=[N-].CC(C)(C)C(=O)/C=C\c1ccccc1. The highest BCUT2D eigenvalue weighted by Crippen LogP contribution is 2.15. The topological polar surface area (TPSA) is 53.5 Å². The molecule has 1 rings (SSSR count). The lowest BCUT2D eigenvalue weighted by atomic mass is 9.90. The molecule has 0 amide bonds. The molecule has 0 saturated carbocycles. The average molecular weight is 230 g/mol. The van der Waals surface area contributed by atoms with Crippen LogP contribution in [0, 0.1) is 5.41 Å². The van der Waals surface area contributed by atoms with Crippen molar-refractivity contribution in [2.24, 2.45) is 5.41 Å². The van der Waals surface area contributed by atoms with E-state index in [-0.39, 0.29) is 11.2 Å². The lowest BCUT2D eigenvalue weighted by Crippen LogP contribution is -2.17. The number of hydrogen-bond acceptors (Lipinski definition) is 1. The summed E-state index contributed by atoms with van der Waals surface area (Å²) in [5.74, 6) is 0.154. The molecule has 1 aromatic rings. The van der Waals surface area contributed by atoms with Gasteiger partial charge in [-0.3, -0.25) is 4.79 Å². The second kappa shape index (κ2) is 7.31. The minimum Gasteiger partial charge on any atom is -0.362 e. The van der Waals surface area contributed by atoms with Crippen molar-refractivity contribution in [2.75, 3.05) is 0 Å². The van der Waals surface area contributed by atoms with Gasteiger partial charge in [0.2, 0.25) is 6.72 Å². The van der Waals surface area contributed by atoms with Crippen LogP contribution in [0.3, 0.4) is 0 Å². The molecule has 0 aromatic heterocycles. The van der Waals surface area contributed by atoms with Crippen molar-refractivity contribution >= 4 is 18.6 Å². The highest BCUT2D eigenvalue weighted by Gasteiger charge is 2.17. The molecule has 0 aliphatic carbocycles. The summed E-state index contributed by atoms with van der Waals surface area (Å²) in [5.41, 5.74) is 7.86. The van der Waals surface area contributed by atoms with E-state index in [0.29, 0.717) is 0 Å². The molecule has 1 aromatic carbocycles. The summed E-state index contributed by atoms with van der Waals surface area (Å²) in [6.07, 6.45) is 3.50. The summed E-state index contributed by atoms with van der Waals surface area (Å²) < 4.78 is 0. The third kappa shape index (κ3) is 6.98. The van der Waals surface area contributed by atoms with Crippen molar-refractivity contribution in [3.63, 3.8) is 0 Å². The highest BCUT2D eigenvalue weighted by atomic mass is 16.1. The zero-order valence-electron chi connectivity index (χ0n) is 10.6. The van der Waals surface area contributed by atoms with Crippen LogP contribution >= 0.6 is 0 Å². The molecule has 0 fully saturated rings. The zero-order valence-corrected chi connectivity index (χ0v) is 10.6. The van der Waals surface area contributed by atoms with Gasteiger partial charge in [-0.15, -0.1) is 0 Å². The molecule has 3 heteroatoms. The van der Waals surface area contributed by atoms with Crippen LogP contribution in [0.15, 0.2) is 36.4 Å². The Morgan fingerprint density at radius 1 is 1.29 bits per heavy atom. The van der Waals surface area contributed by atoms with E-state index < -0.39 is 0 Å². The van der Waals surface area contributed by atoms with Gasteiger partial charge in [0.05, 0.1) is 0 Å². The molecule has 0 N–H and O–H groups in total. The summed E-state index contributed by atoms with van der Waals surface area (Å²) >= 11 is 0. The van der Waals surface area contributed by atoms with Gasteiger partial charge < -0.3 is 5.53 Å². The first-order valence-corrected chi connectivity index (χ1v) is 5.29. The Morgan fingerprint density at radius 3 is 2.18 bits per heavy atom. The predicted octanol–water partition coefficient (Wildman–Crippen LogP) is 3.23. The number of rotatable bonds is 2. The maximum atomic E-state index is 11.6. The molecule has 0 aliphatic heterocycles. The molecular formula is C14H18N2O. The molecule has 90 valence electrons. The molecule has 3 nitrogen and oxygen atoms in total. The quantitative estimate of drug-likeness (QED) is 0.333. The standard InChI is InChI=1S/C13H16O.CH2N2/c1-13(2,3)12(14)10-9-11-7-5-4-6-8-11;1-3-2/h4-10H,1-3H3;1H2/b10-9-;. The van der Waals surface area contributed by atoms with Crippen LogP contribution in [-0.2, 0) is 4.79 Å². The van der Waals surface area contributed by atoms with E-state index in [4.69, 9.17) is 5.53 Å². The number of carbonyl (C=O) groups is 1. The molecule has 0 radical (unpaired) electrons. The van der Waals surface area contributed by atoms with Crippen LogP contribution in [0.5, 0.6) is 0 Å². The Labute approximate surface area is 102 Å². The van der Waals surface area contributed by atoms with Gasteiger partial charge in [0, 0.05) is 5.41 Å². The lowest BCUT2D eigenvalue weighted by molar-refractivity contribution is -0.121. The van der Waals surface area contributed by atoms with E-state index in [9.17, 15) is 4.79 Å². The molecule has 0 atom stereocenters. The van der Waals surface area contributed by atoms with Crippen LogP contribution in [0.2, 0.25) is 0 Å². The summed E-state index contributed by atoms with van der Waals surface area (Å²) in [5, 5.41) is 0. The maximum Gasteiger partial charge on any atom is 0.245 e. The van der Waals surface area contributed by atoms with Gasteiger partial charge in [0.15, 0.2) is 5.78 Å². The fraction of sp³-hybridized carbons (Fsp3) is 0.286. The van der Waals surface area contributed by atoms with Crippen LogP contribution in [0.1, 0.15) is 26.3 Å². The van der Waals surface area contributed by atoms with Crippen molar-refractivity contribution in [3.8, 4) is 0 Å². The van der Waals surface area contributed by atoms with Crippen molar-refractivity contribution in [2.45, 2.75) is 20.8 Å². The van der Waals surface area contributed by atoms with Gasteiger partial charge in [-0.25, -0.2) is 0 Å². The molecule has 0 heterocycles. The summed E-state index contributed by atoms with van der Waals surface area (Å²) in [4.78, 5) is 13.8. The Balaban J connectivity index is 0.000000770. The molecule has 0 bridgehead atoms. The van der Waals surface area contributed by atoms with E-state index in [1.165, 1.54) is 0 Å². The van der Waals surface area contributed by atoms with Gasteiger partial charge in [-0.05, 0) is 11.6 Å². The maximum absolute atomic E-state index is 11.6. The number of ketones is 1. The monoisotopic (exact) mass is 230 g/mol. The average Bonchev–Trinajstić information content (AvgIpc) is 2.27. The second-order valence-electron chi connectivity index (χ2n) is 4.50. The van der Waals surface area contributed by atoms with Gasteiger partial charge in [-0.2, -0.15) is 4.79 Å². The van der Waals surface area contributed by atoms with Crippen molar-refractivity contribution in [1.82, 2.24) is 0 Å². The predicted molar refractivity (Wildman–Crippen MR) is 70.7 cm³/mol. The number of allylic oxidation sites excluding steroid dienone is 1. The van der Waals surface area contributed by atoms with E-state index in [0.717, 1.165) is 5.56 Å². The van der Waals surface area contributed by atoms with Crippen LogP contribution in [-0.4, -0.2) is 17.3 Å². The normalized spacial score (nSPS) is 10.3. The first-order valence-electron chi connectivity index (χ1n) is 5.29. The lowest BCUT2D eigenvalue weighted by Gasteiger charge is -2.12. The number of carbonyl (C=O) groups excluding carboxylic acids is 1. The highest BCUT2D eigenvalue weighted by molar-refractivity contribution is 5.97. The fourth-order valence-electron chi connectivity index (χ4n) is 0.986. The third-order valence-corrected chi connectivity index (χ3v) is 1.97. The zero-order chi connectivity index (χ0) is 13.3. The van der Waals surface area contributed by atoms with Crippen molar-refractivity contribution in [3.05, 3.63) is 47.5 Å². The summed E-state index contributed by atoms with van der Waals surface area (Å²) in [6.45, 7) is 8.43. The molecule has 0 unspecified atom stereocenters. The molecule has 0 saturated heterocycles. The molecule has 0 aliphatic rings. The van der Waals surface area contributed by atoms with Gasteiger partial charge in [0.1, 0.15) is 0 Å². The largest absolute Gasteiger partial charge is 0.362 e. The minimum atomic E-state index is -0.286. The first kappa shape index (κ1) is 15.0. The molecule has 0 spiro atoms. The van der Waals surface area contributed by atoms with Gasteiger partial charge in [-0.1, -0.05) is 57.2 Å².